The third-order valence-corrected chi connectivity index (χ3v) is 7.40. The van der Waals surface area contributed by atoms with Crippen LogP contribution in [0.15, 0.2) is 138 Å². The maximum atomic E-state index is 8.50. The smallest absolute Gasteiger partial charge is 0.134 e. The van der Waals surface area contributed by atoms with E-state index in [4.69, 9.17) is 11.3 Å². The van der Waals surface area contributed by atoms with Gasteiger partial charge in [-0.15, -0.1) is 0 Å². The van der Waals surface area contributed by atoms with E-state index in [9.17, 15) is 0 Å². The van der Waals surface area contributed by atoms with Crippen molar-refractivity contribution in [3.63, 3.8) is 0 Å². The van der Waals surface area contributed by atoms with Crippen molar-refractivity contribution in [2.45, 2.75) is 0 Å². The number of hydrogen-bond donors (Lipinski definition) is 0. The van der Waals surface area contributed by atoms with Crippen LogP contribution >= 0.6 is 0 Å². The summed E-state index contributed by atoms with van der Waals surface area (Å²) < 4.78 is 47.1. The Bertz CT molecular complexity index is 2330. The van der Waals surface area contributed by atoms with Crippen molar-refractivity contribution in [2.24, 2.45) is 0 Å². The molecule has 0 aliphatic carbocycles. The van der Waals surface area contributed by atoms with E-state index >= 15 is 0 Å². The molecule has 0 N–H and O–H groups in total. The van der Waals surface area contributed by atoms with Gasteiger partial charge in [0.25, 0.3) is 0 Å². The van der Waals surface area contributed by atoms with Crippen LogP contribution in [-0.4, -0.2) is 0 Å². The molecule has 0 unspecified atom stereocenters. The van der Waals surface area contributed by atoms with Gasteiger partial charge < -0.3 is 4.42 Å². The molecule has 172 valence electrons. The number of benzene rings is 7. The van der Waals surface area contributed by atoms with E-state index in [0.717, 1.165) is 16.5 Å². The first-order valence-corrected chi connectivity index (χ1v) is 12.3. The monoisotopic (exact) mass is 475 g/mol. The van der Waals surface area contributed by atoms with Gasteiger partial charge in [-0.25, -0.2) is 0 Å². The van der Waals surface area contributed by atoms with Gasteiger partial charge >= 0.3 is 0 Å². The largest absolute Gasteiger partial charge is 0.464 e. The summed E-state index contributed by atoms with van der Waals surface area (Å²) in [5.41, 5.74) is 5.60. The molecular weight excluding hydrogens is 448 g/mol. The predicted molar refractivity (Wildman–Crippen MR) is 156 cm³/mol. The summed E-state index contributed by atoms with van der Waals surface area (Å²) in [6, 6.07) is 32.2. The van der Waals surface area contributed by atoms with Crippen molar-refractivity contribution in [2.75, 3.05) is 0 Å². The van der Waals surface area contributed by atoms with E-state index in [2.05, 4.69) is 72.8 Å². The topological polar surface area (TPSA) is 13.1 Å². The Labute approximate surface area is 221 Å². The molecule has 1 heteroatoms. The quantitative estimate of drug-likeness (QED) is 0.232. The molecule has 0 fully saturated rings. The third kappa shape index (κ3) is 3.04. The molecule has 0 radical (unpaired) electrons. The third-order valence-electron chi connectivity index (χ3n) is 7.40. The molecule has 0 spiro atoms. The van der Waals surface area contributed by atoms with Crippen LogP contribution < -0.4 is 0 Å². The molecule has 1 aromatic heterocycles. The molecule has 8 aromatic rings. The fourth-order valence-electron chi connectivity index (χ4n) is 5.70. The maximum Gasteiger partial charge on any atom is 0.134 e. The van der Waals surface area contributed by atoms with E-state index in [1.54, 1.807) is 0 Å². The van der Waals surface area contributed by atoms with Crippen LogP contribution in [0.2, 0.25) is 0 Å². The molecular formula is C36H22O. The Morgan fingerprint density at radius 1 is 0.486 bits per heavy atom. The molecule has 0 amide bonds. The fraction of sp³-hybridized carbons (Fsp3) is 0. The Morgan fingerprint density at radius 2 is 1.14 bits per heavy atom. The summed E-state index contributed by atoms with van der Waals surface area (Å²) >= 11 is 0. The Morgan fingerprint density at radius 3 is 1.84 bits per heavy atom. The molecule has 0 aliphatic rings. The van der Waals surface area contributed by atoms with Gasteiger partial charge in [0.05, 0.1) is 13.1 Å². The van der Waals surface area contributed by atoms with Gasteiger partial charge in [0.1, 0.15) is 5.58 Å². The highest BCUT2D eigenvalue weighted by atomic mass is 16.3. The number of hydrogen-bond acceptors (Lipinski definition) is 1. The summed E-state index contributed by atoms with van der Waals surface area (Å²) in [6.07, 6.45) is 1.48. The summed E-state index contributed by atoms with van der Waals surface area (Å²) in [7, 11) is 0. The molecule has 1 nitrogen and oxygen atoms in total. The molecule has 7 aromatic carbocycles. The van der Waals surface area contributed by atoms with Crippen molar-refractivity contribution in [1.29, 1.82) is 0 Å². The van der Waals surface area contributed by atoms with Crippen LogP contribution in [0.3, 0.4) is 0 Å². The molecule has 8 rings (SSSR count). The van der Waals surface area contributed by atoms with Crippen LogP contribution in [0.5, 0.6) is 0 Å². The average Bonchev–Trinajstić information content (AvgIpc) is 3.45. The summed E-state index contributed by atoms with van der Waals surface area (Å²) in [6.45, 7) is 0. The number of furan rings is 1. The number of rotatable bonds is 3. The summed E-state index contributed by atoms with van der Waals surface area (Å²) in [5.74, 6) is 0. The lowest BCUT2D eigenvalue weighted by Crippen LogP contribution is -1.89. The summed E-state index contributed by atoms with van der Waals surface area (Å²) in [5, 5.41) is 7.83. The zero-order valence-electron chi connectivity index (χ0n) is 24.7. The molecule has 0 saturated heterocycles. The minimum Gasteiger partial charge on any atom is -0.464 e. The second kappa shape index (κ2) is 7.81. The van der Waals surface area contributed by atoms with Crippen LogP contribution in [0.4, 0.5) is 0 Å². The highest BCUT2D eigenvalue weighted by molar-refractivity contribution is 6.27. The van der Waals surface area contributed by atoms with Gasteiger partial charge in [-0.05, 0) is 72.3 Å². The molecule has 37 heavy (non-hydrogen) atoms. The average molecular weight is 476 g/mol. The van der Waals surface area contributed by atoms with Crippen LogP contribution in [-0.2, 0) is 0 Å². The lowest BCUT2D eigenvalue weighted by atomic mass is 9.87. The van der Waals surface area contributed by atoms with Crippen molar-refractivity contribution in [1.82, 2.24) is 0 Å². The first-order chi connectivity index (χ1) is 20.4. The van der Waals surface area contributed by atoms with E-state index in [1.165, 1.54) is 44.3 Å². The maximum absolute atomic E-state index is 8.50. The molecule has 0 saturated carbocycles. The van der Waals surface area contributed by atoms with Gasteiger partial charge in [0.2, 0.25) is 0 Å². The molecule has 0 atom stereocenters. The second-order valence-corrected chi connectivity index (χ2v) is 9.38. The molecule has 1 heterocycles. The Balaban J connectivity index is 1.38. The second-order valence-electron chi connectivity index (χ2n) is 9.38. The van der Waals surface area contributed by atoms with E-state index in [1.807, 2.05) is 24.3 Å². The standard InChI is InChI=1S/C36H22O/c1-3-7-23(8-4-1)28-16-11-25-14-19-31-29(17-12-26-13-18-30(28)35(25)36(26)31)27-15-20-34-32(21-27)33(22-37-34)24-9-5-2-6-10-24/h1-22H/i2D,5D,6D,9D,10D. The Kier molecular flexibility index (Phi) is 3.37. The number of fused-ring (bicyclic) bond motifs is 1. The predicted octanol–water partition coefficient (Wildman–Crippen LogP) is 10.3. The van der Waals surface area contributed by atoms with Gasteiger partial charge in [-0.2, -0.15) is 0 Å². The van der Waals surface area contributed by atoms with Crippen LogP contribution in [0.25, 0.3) is 76.7 Å². The SMILES string of the molecule is [2H]c1c([2H])c([2H])c(-c2coc3ccc(-c4ccc5ccc6c(-c7ccccc7)ccc7ccc4c5c76)cc23)c([2H])c1[2H]. The van der Waals surface area contributed by atoms with Gasteiger partial charge in [0, 0.05) is 10.9 Å². The normalized spacial score (nSPS) is 13.7. The first-order valence-electron chi connectivity index (χ1n) is 14.8. The lowest BCUT2D eigenvalue weighted by Gasteiger charge is -2.16. The van der Waals surface area contributed by atoms with E-state index in [-0.39, 0.29) is 29.7 Å². The van der Waals surface area contributed by atoms with Crippen molar-refractivity contribution >= 4 is 43.3 Å². The zero-order valence-corrected chi connectivity index (χ0v) is 19.7. The van der Waals surface area contributed by atoms with Crippen LogP contribution in [0.1, 0.15) is 6.85 Å². The molecule has 0 aliphatic heterocycles. The summed E-state index contributed by atoms with van der Waals surface area (Å²) in [4.78, 5) is 0. The van der Waals surface area contributed by atoms with Gasteiger partial charge in [-0.1, -0.05) is 115 Å². The minimum atomic E-state index is -0.411. The van der Waals surface area contributed by atoms with E-state index < -0.39 is 6.04 Å². The highest BCUT2D eigenvalue weighted by Crippen LogP contribution is 2.43. The highest BCUT2D eigenvalue weighted by Gasteiger charge is 2.16. The van der Waals surface area contributed by atoms with Crippen LogP contribution in [0, 0.1) is 0 Å². The van der Waals surface area contributed by atoms with Crippen molar-refractivity contribution in [3.05, 3.63) is 134 Å². The van der Waals surface area contributed by atoms with Crippen molar-refractivity contribution < 1.29 is 11.3 Å². The van der Waals surface area contributed by atoms with Crippen molar-refractivity contribution in [3.8, 4) is 33.4 Å². The Hall–Kier alpha value is -4.88. The molecule has 0 bridgehead atoms. The van der Waals surface area contributed by atoms with Gasteiger partial charge in [0.15, 0.2) is 0 Å². The lowest BCUT2D eigenvalue weighted by molar-refractivity contribution is 0.617. The first kappa shape index (κ1) is 16.0. The zero-order chi connectivity index (χ0) is 28.7. The van der Waals surface area contributed by atoms with E-state index in [0.29, 0.717) is 16.5 Å². The van der Waals surface area contributed by atoms with Gasteiger partial charge in [-0.3, -0.25) is 0 Å². The minimum absolute atomic E-state index is 0.140. The fourth-order valence-corrected chi connectivity index (χ4v) is 5.70.